The van der Waals surface area contributed by atoms with Gasteiger partial charge in [-0.15, -0.1) is 0 Å². The lowest BCUT2D eigenvalue weighted by Crippen LogP contribution is -2.33. The van der Waals surface area contributed by atoms with Crippen molar-refractivity contribution in [3.8, 4) is 11.5 Å². The van der Waals surface area contributed by atoms with Gasteiger partial charge in [0.2, 0.25) is 0 Å². The molecule has 0 saturated heterocycles. The first-order valence-corrected chi connectivity index (χ1v) is 9.31. The molecule has 1 aromatic heterocycles. The summed E-state index contributed by atoms with van der Waals surface area (Å²) < 4.78 is 26.4. The lowest BCUT2D eigenvalue weighted by atomic mass is 10.1. The fourth-order valence-electron chi connectivity index (χ4n) is 3.55. The third-order valence-corrected chi connectivity index (χ3v) is 5.10. The molecule has 0 bridgehead atoms. The highest BCUT2D eigenvalue weighted by atomic mass is 19.1. The van der Waals surface area contributed by atoms with E-state index in [2.05, 4.69) is 0 Å². The summed E-state index contributed by atoms with van der Waals surface area (Å²) in [5.41, 5.74) is 3.86. The molecule has 1 aliphatic rings. The molecule has 1 heterocycles. The van der Waals surface area contributed by atoms with Crippen LogP contribution in [0.1, 0.15) is 27.0 Å². The van der Waals surface area contributed by atoms with Crippen molar-refractivity contribution in [1.29, 1.82) is 0 Å². The summed E-state index contributed by atoms with van der Waals surface area (Å²) in [6.07, 6.45) is 6.22. The molecule has 0 spiro atoms. The van der Waals surface area contributed by atoms with Crippen molar-refractivity contribution < 1.29 is 23.2 Å². The highest BCUT2D eigenvalue weighted by Gasteiger charge is 2.27. The molecule has 0 aliphatic heterocycles. The first-order chi connectivity index (χ1) is 14.1. The minimum Gasteiger partial charge on any atom is -0.493 e. The number of ether oxygens (including phenoxy) is 2. The number of aromatic nitrogens is 1. The van der Waals surface area contributed by atoms with Crippen LogP contribution in [0.25, 0.3) is 6.08 Å². The van der Waals surface area contributed by atoms with Crippen molar-refractivity contribution in [2.24, 2.45) is 0 Å². The Kier molecular flexibility index (Phi) is 5.12. The Hall–Kier alpha value is -3.47. The molecule has 146 valence electrons. The maximum Gasteiger partial charge on any atom is 0.189 e. The largest absolute Gasteiger partial charge is 0.493 e. The standard InChI is InChI=1S/C24H21FNO3/c1-28-22-13-18-12-19(24(27)20(18)14-23(22)29-2)11-16-7-9-26(10-8-16)15-17-5-3-4-6-21(17)25/h3-11,13-14H,12,15H2,1-2H3/q+1/b19-11+. The van der Waals surface area contributed by atoms with E-state index in [0.29, 0.717) is 35.6 Å². The average molecular weight is 390 g/mol. The highest BCUT2D eigenvalue weighted by molar-refractivity contribution is 6.15. The average Bonchev–Trinajstić information content (AvgIpc) is 3.04. The summed E-state index contributed by atoms with van der Waals surface area (Å²) >= 11 is 0. The zero-order chi connectivity index (χ0) is 20.4. The van der Waals surface area contributed by atoms with E-state index in [1.807, 2.05) is 47.3 Å². The van der Waals surface area contributed by atoms with Gasteiger partial charge in [-0.3, -0.25) is 4.79 Å². The molecule has 2 aromatic carbocycles. The Bertz CT molecular complexity index is 1100. The molecule has 4 rings (SSSR count). The number of pyridine rings is 1. The van der Waals surface area contributed by atoms with Crippen LogP contribution in [0.4, 0.5) is 4.39 Å². The van der Waals surface area contributed by atoms with E-state index in [9.17, 15) is 9.18 Å². The third-order valence-electron chi connectivity index (χ3n) is 5.10. The Labute approximate surface area is 168 Å². The number of fused-ring (bicyclic) bond motifs is 1. The molecule has 0 N–H and O–H groups in total. The summed E-state index contributed by atoms with van der Waals surface area (Å²) in [5, 5.41) is 0. The van der Waals surface area contributed by atoms with E-state index >= 15 is 0 Å². The molecule has 1 aliphatic carbocycles. The molecule has 0 atom stereocenters. The summed E-state index contributed by atoms with van der Waals surface area (Å²) in [6.45, 7) is 0.452. The van der Waals surface area contributed by atoms with Crippen LogP contribution >= 0.6 is 0 Å². The monoisotopic (exact) mass is 390 g/mol. The van der Waals surface area contributed by atoms with E-state index in [1.54, 1.807) is 32.4 Å². The van der Waals surface area contributed by atoms with Crippen molar-refractivity contribution in [3.05, 3.63) is 94.6 Å². The number of allylic oxidation sites excluding steroid dienone is 1. The summed E-state index contributed by atoms with van der Waals surface area (Å²) in [5.74, 6) is 0.958. The number of methoxy groups -OCH3 is 2. The zero-order valence-corrected chi connectivity index (χ0v) is 16.3. The lowest BCUT2D eigenvalue weighted by molar-refractivity contribution is -0.688. The van der Waals surface area contributed by atoms with Crippen LogP contribution in [0.5, 0.6) is 11.5 Å². The molecule has 0 saturated carbocycles. The highest BCUT2D eigenvalue weighted by Crippen LogP contribution is 2.36. The van der Waals surface area contributed by atoms with Gasteiger partial charge < -0.3 is 9.47 Å². The number of carbonyl (C=O) groups excluding carboxylic acids is 1. The van der Waals surface area contributed by atoms with Gasteiger partial charge in [-0.25, -0.2) is 8.96 Å². The number of rotatable bonds is 5. The van der Waals surface area contributed by atoms with E-state index < -0.39 is 0 Å². The fourth-order valence-corrected chi connectivity index (χ4v) is 3.55. The van der Waals surface area contributed by atoms with E-state index in [4.69, 9.17) is 9.47 Å². The molecule has 0 radical (unpaired) electrons. The third kappa shape index (κ3) is 3.76. The Morgan fingerprint density at radius 2 is 1.72 bits per heavy atom. The topological polar surface area (TPSA) is 39.4 Å². The van der Waals surface area contributed by atoms with Crippen LogP contribution in [-0.4, -0.2) is 20.0 Å². The van der Waals surface area contributed by atoms with Crippen molar-refractivity contribution in [1.82, 2.24) is 0 Å². The van der Waals surface area contributed by atoms with Gasteiger partial charge in [0, 0.05) is 29.7 Å². The van der Waals surface area contributed by atoms with Crippen LogP contribution in [0.2, 0.25) is 0 Å². The quantitative estimate of drug-likeness (QED) is 0.488. The second-order valence-corrected chi connectivity index (χ2v) is 6.94. The molecule has 5 heteroatoms. The number of hydrogen-bond donors (Lipinski definition) is 0. The maximum atomic E-state index is 13.8. The second kappa shape index (κ2) is 7.87. The second-order valence-electron chi connectivity index (χ2n) is 6.94. The van der Waals surface area contributed by atoms with Gasteiger partial charge in [-0.05, 0) is 41.5 Å². The van der Waals surface area contributed by atoms with Crippen LogP contribution < -0.4 is 14.0 Å². The molecule has 29 heavy (non-hydrogen) atoms. The van der Waals surface area contributed by atoms with Crippen molar-refractivity contribution in [2.45, 2.75) is 13.0 Å². The van der Waals surface area contributed by atoms with Gasteiger partial charge >= 0.3 is 0 Å². The zero-order valence-electron chi connectivity index (χ0n) is 16.3. The normalized spacial score (nSPS) is 14.2. The molecular formula is C24H21FNO3+. The maximum absolute atomic E-state index is 13.8. The van der Waals surface area contributed by atoms with Crippen LogP contribution in [0.15, 0.2) is 66.5 Å². The summed E-state index contributed by atoms with van der Waals surface area (Å²) in [7, 11) is 3.14. The van der Waals surface area contributed by atoms with Gasteiger partial charge in [0.05, 0.1) is 19.8 Å². The Morgan fingerprint density at radius 3 is 2.41 bits per heavy atom. The van der Waals surface area contributed by atoms with Crippen LogP contribution in [0.3, 0.4) is 0 Å². The Morgan fingerprint density at radius 1 is 1.03 bits per heavy atom. The molecule has 0 unspecified atom stereocenters. The van der Waals surface area contributed by atoms with Gasteiger partial charge in [-0.1, -0.05) is 12.1 Å². The molecule has 4 nitrogen and oxygen atoms in total. The van der Waals surface area contributed by atoms with E-state index in [1.165, 1.54) is 6.07 Å². The van der Waals surface area contributed by atoms with Crippen LogP contribution in [0, 0.1) is 5.82 Å². The van der Waals surface area contributed by atoms with Gasteiger partial charge in [-0.2, -0.15) is 0 Å². The number of benzene rings is 2. The number of hydrogen-bond acceptors (Lipinski definition) is 3. The number of nitrogens with zero attached hydrogens (tertiary/aromatic N) is 1. The minimum absolute atomic E-state index is 0.00374. The van der Waals surface area contributed by atoms with Crippen molar-refractivity contribution in [3.63, 3.8) is 0 Å². The summed E-state index contributed by atoms with van der Waals surface area (Å²) in [6, 6.07) is 14.2. The van der Waals surface area contributed by atoms with E-state index in [-0.39, 0.29) is 11.6 Å². The lowest BCUT2D eigenvalue weighted by Gasteiger charge is -2.08. The number of Topliss-reactive ketones (excluding diaryl/α,β-unsaturated/α-hetero) is 1. The fraction of sp³-hybridized carbons (Fsp3) is 0.167. The van der Waals surface area contributed by atoms with Gasteiger partial charge in [0.25, 0.3) is 0 Å². The molecule has 3 aromatic rings. The van der Waals surface area contributed by atoms with E-state index in [0.717, 1.165) is 16.7 Å². The van der Waals surface area contributed by atoms with Gasteiger partial charge in [0.1, 0.15) is 5.82 Å². The Balaban J connectivity index is 1.55. The minimum atomic E-state index is -0.216. The summed E-state index contributed by atoms with van der Waals surface area (Å²) in [4.78, 5) is 12.8. The van der Waals surface area contributed by atoms with Crippen molar-refractivity contribution >= 4 is 11.9 Å². The predicted molar refractivity (Wildman–Crippen MR) is 108 cm³/mol. The number of carbonyl (C=O) groups is 1. The smallest absolute Gasteiger partial charge is 0.189 e. The van der Waals surface area contributed by atoms with Crippen molar-refractivity contribution in [2.75, 3.05) is 14.2 Å². The number of halogens is 1. The molecule has 0 fully saturated rings. The molecular weight excluding hydrogens is 369 g/mol. The van der Waals surface area contributed by atoms with Gasteiger partial charge in [0.15, 0.2) is 36.2 Å². The number of ketones is 1. The molecule has 0 amide bonds. The SMILES string of the molecule is COc1cc2c(cc1OC)C(=O)/C(=C/c1cc[n+](Cc3ccccc3F)cc1)C2. The van der Waals surface area contributed by atoms with Crippen LogP contribution in [-0.2, 0) is 13.0 Å². The first kappa shape index (κ1) is 18.9. The predicted octanol–water partition coefficient (Wildman–Crippen LogP) is 4.00. The first-order valence-electron chi connectivity index (χ1n) is 9.31.